The molecule has 0 aromatic heterocycles. The average molecular weight is 182 g/mol. The lowest BCUT2D eigenvalue weighted by molar-refractivity contribution is -0.109. The maximum absolute atomic E-state index is 10.2. The van der Waals surface area contributed by atoms with Crippen molar-refractivity contribution in [2.75, 3.05) is 0 Å². The quantitative estimate of drug-likeness (QED) is 0.494. The van der Waals surface area contributed by atoms with Crippen LogP contribution in [0.5, 0.6) is 0 Å². The van der Waals surface area contributed by atoms with E-state index in [2.05, 4.69) is 13.5 Å². The third kappa shape index (κ3) is 2.66. The number of rotatable bonds is 3. The molecule has 0 spiro atoms. The van der Waals surface area contributed by atoms with Gasteiger partial charge in [0.1, 0.15) is 6.29 Å². The molecule has 0 aliphatic carbocycles. The standard InChI is InChI=1S/C11H18O2/c1-8-7-11(5-4-6-12)13-10(3)9(8)2/h6,8,10-11H,2,4-5,7H2,1,3H3/t8-,10-,11+/m1/s1. The van der Waals surface area contributed by atoms with E-state index in [1.54, 1.807) is 0 Å². The first-order chi connectivity index (χ1) is 6.15. The Morgan fingerprint density at radius 1 is 1.62 bits per heavy atom. The molecule has 1 fully saturated rings. The van der Waals surface area contributed by atoms with Gasteiger partial charge in [0.05, 0.1) is 12.2 Å². The van der Waals surface area contributed by atoms with Crippen LogP contribution in [0.15, 0.2) is 12.2 Å². The van der Waals surface area contributed by atoms with E-state index in [-0.39, 0.29) is 12.2 Å². The summed E-state index contributed by atoms with van der Waals surface area (Å²) in [6, 6.07) is 0. The van der Waals surface area contributed by atoms with Crippen molar-refractivity contribution < 1.29 is 9.53 Å². The number of carbonyl (C=O) groups excluding carboxylic acids is 1. The van der Waals surface area contributed by atoms with Crippen LogP contribution < -0.4 is 0 Å². The third-order valence-electron chi connectivity index (χ3n) is 2.77. The molecule has 1 aliphatic rings. The Balaban J connectivity index is 2.43. The van der Waals surface area contributed by atoms with Gasteiger partial charge in [0.15, 0.2) is 0 Å². The van der Waals surface area contributed by atoms with Crippen LogP contribution in [-0.2, 0) is 9.53 Å². The predicted molar refractivity (Wildman–Crippen MR) is 52.6 cm³/mol. The highest BCUT2D eigenvalue weighted by atomic mass is 16.5. The van der Waals surface area contributed by atoms with Crippen LogP contribution in [0.4, 0.5) is 0 Å². The van der Waals surface area contributed by atoms with Crippen molar-refractivity contribution >= 4 is 6.29 Å². The van der Waals surface area contributed by atoms with Crippen LogP contribution >= 0.6 is 0 Å². The van der Waals surface area contributed by atoms with Gasteiger partial charge in [0, 0.05) is 6.42 Å². The first-order valence-electron chi connectivity index (χ1n) is 4.93. The molecule has 2 nitrogen and oxygen atoms in total. The van der Waals surface area contributed by atoms with E-state index in [9.17, 15) is 4.79 Å². The Bertz CT molecular complexity index is 184. The molecule has 1 rings (SSSR count). The van der Waals surface area contributed by atoms with Gasteiger partial charge < -0.3 is 9.53 Å². The first kappa shape index (κ1) is 10.5. The molecule has 3 atom stereocenters. The third-order valence-corrected chi connectivity index (χ3v) is 2.77. The zero-order valence-corrected chi connectivity index (χ0v) is 8.45. The van der Waals surface area contributed by atoms with Crippen LogP contribution in [0.1, 0.15) is 33.1 Å². The molecule has 0 aromatic rings. The highest BCUT2D eigenvalue weighted by molar-refractivity contribution is 5.49. The van der Waals surface area contributed by atoms with Gasteiger partial charge >= 0.3 is 0 Å². The summed E-state index contributed by atoms with van der Waals surface area (Å²) < 4.78 is 5.71. The summed E-state index contributed by atoms with van der Waals surface area (Å²) in [6.45, 7) is 8.21. The van der Waals surface area contributed by atoms with Crippen LogP contribution in [0, 0.1) is 5.92 Å². The van der Waals surface area contributed by atoms with Crippen molar-refractivity contribution in [2.24, 2.45) is 5.92 Å². The Hall–Kier alpha value is -0.630. The Morgan fingerprint density at radius 2 is 2.31 bits per heavy atom. The summed E-state index contributed by atoms with van der Waals surface area (Å²) >= 11 is 0. The topological polar surface area (TPSA) is 26.3 Å². The highest BCUT2D eigenvalue weighted by Crippen LogP contribution is 2.30. The smallest absolute Gasteiger partial charge is 0.120 e. The summed E-state index contributed by atoms with van der Waals surface area (Å²) in [6.07, 6.45) is 3.84. The lowest BCUT2D eigenvalue weighted by atomic mass is 9.88. The maximum Gasteiger partial charge on any atom is 0.120 e. The van der Waals surface area contributed by atoms with E-state index < -0.39 is 0 Å². The second-order valence-corrected chi connectivity index (χ2v) is 3.86. The molecule has 2 heteroatoms. The SMILES string of the molecule is C=C1[C@H](C)C[C@H](CCC=O)O[C@@H]1C. The molecule has 74 valence electrons. The Kier molecular flexibility index (Phi) is 3.67. The Morgan fingerprint density at radius 3 is 2.85 bits per heavy atom. The minimum atomic E-state index is 0.153. The van der Waals surface area contributed by atoms with Crippen molar-refractivity contribution in [1.82, 2.24) is 0 Å². The molecular formula is C11H18O2. The summed E-state index contributed by atoms with van der Waals surface area (Å²) in [5, 5.41) is 0. The predicted octanol–water partition coefficient (Wildman–Crippen LogP) is 2.34. The number of hydrogen-bond donors (Lipinski definition) is 0. The summed E-state index contributed by atoms with van der Waals surface area (Å²) in [5.41, 5.74) is 1.18. The molecule has 1 aliphatic heterocycles. The molecule has 0 N–H and O–H groups in total. The van der Waals surface area contributed by atoms with Gasteiger partial charge in [-0.15, -0.1) is 0 Å². The van der Waals surface area contributed by atoms with E-state index in [4.69, 9.17) is 4.74 Å². The fourth-order valence-electron chi connectivity index (χ4n) is 1.82. The van der Waals surface area contributed by atoms with Gasteiger partial charge in [-0.3, -0.25) is 0 Å². The lowest BCUT2D eigenvalue weighted by Crippen LogP contribution is -2.32. The fraction of sp³-hybridized carbons (Fsp3) is 0.727. The molecule has 0 radical (unpaired) electrons. The highest BCUT2D eigenvalue weighted by Gasteiger charge is 2.26. The molecule has 13 heavy (non-hydrogen) atoms. The van der Waals surface area contributed by atoms with Crippen LogP contribution in [0.2, 0.25) is 0 Å². The number of ether oxygens (including phenoxy) is 1. The van der Waals surface area contributed by atoms with E-state index in [0.717, 1.165) is 19.1 Å². The van der Waals surface area contributed by atoms with Crippen molar-refractivity contribution in [3.8, 4) is 0 Å². The van der Waals surface area contributed by atoms with E-state index >= 15 is 0 Å². The first-order valence-corrected chi connectivity index (χ1v) is 4.93. The monoisotopic (exact) mass is 182 g/mol. The zero-order valence-electron chi connectivity index (χ0n) is 8.45. The van der Waals surface area contributed by atoms with Gasteiger partial charge in [0.25, 0.3) is 0 Å². The van der Waals surface area contributed by atoms with Crippen molar-refractivity contribution in [1.29, 1.82) is 0 Å². The Labute approximate surface area is 80.0 Å². The van der Waals surface area contributed by atoms with Crippen LogP contribution in [0.3, 0.4) is 0 Å². The van der Waals surface area contributed by atoms with Gasteiger partial charge in [-0.1, -0.05) is 13.5 Å². The van der Waals surface area contributed by atoms with Crippen molar-refractivity contribution in [3.05, 3.63) is 12.2 Å². The van der Waals surface area contributed by atoms with Crippen LogP contribution in [0.25, 0.3) is 0 Å². The van der Waals surface area contributed by atoms with E-state index in [1.165, 1.54) is 5.57 Å². The molecule has 0 amide bonds. The van der Waals surface area contributed by atoms with Gasteiger partial charge in [-0.2, -0.15) is 0 Å². The van der Waals surface area contributed by atoms with Crippen LogP contribution in [-0.4, -0.2) is 18.5 Å². The second-order valence-electron chi connectivity index (χ2n) is 3.86. The molecule has 1 heterocycles. The molecular weight excluding hydrogens is 164 g/mol. The zero-order chi connectivity index (χ0) is 9.84. The fourth-order valence-corrected chi connectivity index (χ4v) is 1.82. The number of carbonyl (C=O) groups is 1. The molecule has 0 saturated carbocycles. The van der Waals surface area contributed by atoms with E-state index in [0.29, 0.717) is 12.3 Å². The number of hydrogen-bond acceptors (Lipinski definition) is 2. The van der Waals surface area contributed by atoms with Gasteiger partial charge in [0.2, 0.25) is 0 Å². The van der Waals surface area contributed by atoms with Crippen molar-refractivity contribution in [2.45, 2.75) is 45.3 Å². The maximum atomic E-state index is 10.2. The van der Waals surface area contributed by atoms with Gasteiger partial charge in [-0.05, 0) is 31.3 Å². The second kappa shape index (κ2) is 4.56. The minimum absolute atomic E-state index is 0.153. The number of aldehydes is 1. The summed E-state index contributed by atoms with van der Waals surface area (Å²) in [5.74, 6) is 0.528. The average Bonchev–Trinajstić information content (AvgIpc) is 2.10. The normalized spacial score (nSPS) is 34.6. The van der Waals surface area contributed by atoms with Gasteiger partial charge in [-0.25, -0.2) is 0 Å². The molecule has 0 aromatic carbocycles. The molecule has 0 bridgehead atoms. The van der Waals surface area contributed by atoms with E-state index in [1.807, 2.05) is 6.92 Å². The largest absolute Gasteiger partial charge is 0.371 e. The molecule has 1 saturated heterocycles. The summed E-state index contributed by atoms with van der Waals surface area (Å²) in [4.78, 5) is 10.2. The molecule has 0 unspecified atom stereocenters. The summed E-state index contributed by atoms with van der Waals surface area (Å²) in [7, 11) is 0. The van der Waals surface area contributed by atoms with Crippen molar-refractivity contribution in [3.63, 3.8) is 0 Å². The lowest BCUT2D eigenvalue weighted by Gasteiger charge is -2.34. The minimum Gasteiger partial charge on any atom is -0.371 e.